The third-order valence-corrected chi connectivity index (χ3v) is 11.3. The molecule has 0 spiro atoms. The lowest BCUT2D eigenvalue weighted by atomic mass is 9.97. The van der Waals surface area contributed by atoms with Crippen LogP contribution in [0.15, 0.2) is 200 Å². The van der Waals surface area contributed by atoms with E-state index in [1.807, 2.05) is 53.8 Å². The van der Waals surface area contributed by atoms with Crippen molar-refractivity contribution in [3.63, 3.8) is 0 Å². The van der Waals surface area contributed by atoms with Gasteiger partial charge in [-0.2, -0.15) is 0 Å². The van der Waals surface area contributed by atoms with Crippen molar-refractivity contribution in [3.05, 3.63) is 200 Å². The highest BCUT2D eigenvalue weighted by Crippen LogP contribution is 2.37. The molecule has 0 unspecified atom stereocenters. The maximum absolute atomic E-state index is 5.06. The zero-order chi connectivity index (χ0) is 36.6. The molecule has 4 heteroatoms. The lowest BCUT2D eigenvalue weighted by Gasteiger charge is -2.12. The molecule has 258 valence electrons. The van der Waals surface area contributed by atoms with Crippen LogP contribution in [0.5, 0.6) is 0 Å². The molecule has 2 heterocycles. The number of rotatable bonds is 7. The van der Waals surface area contributed by atoms with Gasteiger partial charge in [0.25, 0.3) is 0 Å². The Balaban J connectivity index is 0.920. The molecule has 0 N–H and O–H groups in total. The van der Waals surface area contributed by atoms with Gasteiger partial charge in [-0.15, -0.1) is 11.3 Å². The second-order valence-corrected chi connectivity index (χ2v) is 14.7. The van der Waals surface area contributed by atoms with Gasteiger partial charge in [0.2, 0.25) is 0 Å². The number of aromatic nitrogens is 3. The molecule has 0 aliphatic rings. The molecular formula is C51H33N3S. The summed E-state index contributed by atoms with van der Waals surface area (Å²) in [6, 6.07) is 70.5. The van der Waals surface area contributed by atoms with E-state index < -0.39 is 0 Å². The topological polar surface area (TPSA) is 38.7 Å². The van der Waals surface area contributed by atoms with Gasteiger partial charge in [-0.05, 0) is 56.6 Å². The van der Waals surface area contributed by atoms with E-state index in [1.54, 1.807) is 0 Å². The standard InChI is InChI=1S/C51H33N3S/c1-3-11-39(12-4-1)43-15-7-8-17-46(43)51-53-49(40-13-5-2-6-14-40)52-50(54-51)41-29-27-37(28-30-41)35-21-19-34(20-22-35)36-23-25-38(26-24-36)42-31-32-45-44-16-9-10-18-47(44)55-48(45)33-42/h1-33H. The number of benzene rings is 8. The van der Waals surface area contributed by atoms with Crippen molar-refractivity contribution in [3.8, 4) is 78.7 Å². The minimum Gasteiger partial charge on any atom is -0.208 e. The minimum atomic E-state index is 0.640. The summed E-state index contributed by atoms with van der Waals surface area (Å²) in [5.41, 5.74) is 12.2. The largest absolute Gasteiger partial charge is 0.208 e. The summed E-state index contributed by atoms with van der Waals surface area (Å²) in [4.78, 5) is 15.0. The van der Waals surface area contributed by atoms with Gasteiger partial charge in [-0.25, -0.2) is 15.0 Å². The van der Waals surface area contributed by atoms with Crippen LogP contribution in [0.3, 0.4) is 0 Å². The van der Waals surface area contributed by atoms with Crippen LogP contribution < -0.4 is 0 Å². The fourth-order valence-electron chi connectivity index (χ4n) is 7.32. The number of fused-ring (bicyclic) bond motifs is 3. The quantitative estimate of drug-likeness (QED) is 0.165. The van der Waals surface area contributed by atoms with Gasteiger partial charge in [0.15, 0.2) is 17.5 Å². The Morgan fingerprint density at radius 3 is 1.25 bits per heavy atom. The SMILES string of the molecule is c1ccc(-c2nc(-c3ccc(-c4ccc(-c5ccc(-c6ccc7c(c6)sc6ccccc67)cc5)cc4)cc3)nc(-c3ccccc3-c3ccccc3)n2)cc1. The smallest absolute Gasteiger partial charge is 0.164 e. The molecule has 0 saturated heterocycles. The van der Waals surface area contributed by atoms with Crippen molar-refractivity contribution in [2.45, 2.75) is 0 Å². The summed E-state index contributed by atoms with van der Waals surface area (Å²) in [5.74, 6) is 1.93. The monoisotopic (exact) mass is 719 g/mol. The van der Waals surface area contributed by atoms with E-state index >= 15 is 0 Å². The summed E-state index contributed by atoms with van der Waals surface area (Å²) < 4.78 is 2.66. The van der Waals surface area contributed by atoms with Gasteiger partial charge in [-0.3, -0.25) is 0 Å². The second kappa shape index (κ2) is 14.1. The molecule has 0 radical (unpaired) electrons. The average Bonchev–Trinajstić information content (AvgIpc) is 3.65. The van der Waals surface area contributed by atoms with Crippen LogP contribution in [-0.4, -0.2) is 15.0 Å². The molecule has 10 rings (SSSR count). The first kappa shape index (κ1) is 32.6. The molecule has 0 fully saturated rings. The predicted octanol–water partition coefficient (Wildman–Crippen LogP) is 13.9. The number of hydrogen-bond donors (Lipinski definition) is 0. The van der Waals surface area contributed by atoms with Crippen molar-refractivity contribution in [2.24, 2.45) is 0 Å². The summed E-state index contributed by atoms with van der Waals surface area (Å²) in [6.45, 7) is 0. The van der Waals surface area contributed by atoms with E-state index in [9.17, 15) is 0 Å². The van der Waals surface area contributed by atoms with E-state index in [2.05, 4.69) is 158 Å². The summed E-state index contributed by atoms with van der Waals surface area (Å²) in [5, 5.41) is 2.66. The van der Waals surface area contributed by atoms with Gasteiger partial charge in [0, 0.05) is 36.9 Å². The Kier molecular flexibility index (Phi) is 8.36. The fourth-order valence-corrected chi connectivity index (χ4v) is 8.46. The maximum Gasteiger partial charge on any atom is 0.164 e. The lowest BCUT2D eigenvalue weighted by molar-refractivity contribution is 1.07. The molecule has 8 aromatic carbocycles. The van der Waals surface area contributed by atoms with Gasteiger partial charge >= 0.3 is 0 Å². The number of thiophene rings is 1. The zero-order valence-corrected chi connectivity index (χ0v) is 30.6. The van der Waals surface area contributed by atoms with Crippen molar-refractivity contribution in [1.29, 1.82) is 0 Å². The van der Waals surface area contributed by atoms with E-state index in [-0.39, 0.29) is 0 Å². The summed E-state index contributed by atoms with van der Waals surface area (Å²) in [6.07, 6.45) is 0. The van der Waals surface area contributed by atoms with Crippen molar-refractivity contribution >= 4 is 31.5 Å². The van der Waals surface area contributed by atoms with Crippen LogP contribution in [0, 0.1) is 0 Å². The van der Waals surface area contributed by atoms with Crippen LogP contribution in [0.2, 0.25) is 0 Å². The Bertz CT molecular complexity index is 2930. The van der Waals surface area contributed by atoms with E-state index in [4.69, 9.17) is 15.0 Å². The molecule has 3 nitrogen and oxygen atoms in total. The molecule has 0 bridgehead atoms. The van der Waals surface area contributed by atoms with E-state index in [0.717, 1.165) is 38.9 Å². The maximum atomic E-state index is 5.06. The van der Waals surface area contributed by atoms with Crippen molar-refractivity contribution in [1.82, 2.24) is 15.0 Å². The van der Waals surface area contributed by atoms with Crippen LogP contribution in [0.25, 0.3) is 98.8 Å². The third kappa shape index (κ3) is 6.39. The number of nitrogens with zero attached hydrogens (tertiary/aromatic N) is 3. The Hall–Kier alpha value is -7.01. The van der Waals surface area contributed by atoms with Crippen LogP contribution >= 0.6 is 11.3 Å². The highest BCUT2D eigenvalue weighted by atomic mass is 32.1. The van der Waals surface area contributed by atoms with E-state index in [1.165, 1.54) is 42.4 Å². The van der Waals surface area contributed by atoms with Gasteiger partial charge in [-0.1, -0.05) is 188 Å². The van der Waals surface area contributed by atoms with Gasteiger partial charge in [0.1, 0.15) is 0 Å². The molecule has 0 amide bonds. The van der Waals surface area contributed by atoms with Crippen LogP contribution in [0.4, 0.5) is 0 Å². The fraction of sp³-hybridized carbons (Fsp3) is 0. The lowest BCUT2D eigenvalue weighted by Crippen LogP contribution is -2.01. The highest BCUT2D eigenvalue weighted by Gasteiger charge is 2.16. The molecule has 10 aromatic rings. The van der Waals surface area contributed by atoms with Gasteiger partial charge < -0.3 is 0 Å². The molecule has 2 aromatic heterocycles. The first-order chi connectivity index (χ1) is 27.2. The molecule has 0 aliphatic carbocycles. The molecular weight excluding hydrogens is 687 g/mol. The molecule has 55 heavy (non-hydrogen) atoms. The first-order valence-electron chi connectivity index (χ1n) is 18.4. The molecule has 0 aliphatic heterocycles. The average molecular weight is 720 g/mol. The Labute approximate surface area is 323 Å². The van der Waals surface area contributed by atoms with Crippen LogP contribution in [0.1, 0.15) is 0 Å². The van der Waals surface area contributed by atoms with Crippen molar-refractivity contribution in [2.75, 3.05) is 0 Å². The van der Waals surface area contributed by atoms with Crippen LogP contribution in [-0.2, 0) is 0 Å². The first-order valence-corrected chi connectivity index (χ1v) is 19.2. The highest BCUT2D eigenvalue weighted by molar-refractivity contribution is 7.25. The van der Waals surface area contributed by atoms with Gasteiger partial charge in [0.05, 0.1) is 0 Å². The normalized spacial score (nSPS) is 11.3. The summed E-state index contributed by atoms with van der Waals surface area (Å²) in [7, 11) is 0. The number of hydrogen-bond acceptors (Lipinski definition) is 4. The second-order valence-electron chi connectivity index (χ2n) is 13.6. The Morgan fingerprint density at radius 2 is 0.655 bits per heavy atom. The summed E-state index contributed by atoms with van der Waals surface area (Å²) >= 11 is 1.86. The van der Waals surface area contributed by atoms with Crippen molar-refractivity contribution < 1.29 is 0 Å². The molecule has 0 atom stereocenters. The van der Waals surface area contributed by atoms with E-state index in [0.29, 0.717) is 17.5 Å². The predicted molar refractivity (Wildman–Crippen MR) is 231 cm³/mol. The Morgan fingerprint density at radius 1 is 0.255 bits per heavy atom. The third-order valence-electron chi connectivity index (χ3n) is 10.2. The zero-order valence-electron chi connectivity index (χ0n) is 29.8. The molecule has 0 saturated carbocycles. The minimum absolute atomic E-state index is 0.640.